The van der Waals surface area contributed by atoms with Gasteiger partial charge in [0.25, 0.3) is 0 Å². The number of nitrogens with zero attached hydrogens (tertiary/aromatic N) is 3. The zero-order chi connectivity index (χ0) is 18.5. The largest absolute Gasteiger partial charge is 0.494 e. The molecule has 140 valence electrons. The van der Waals surface area contributed by atoms with E-state index in [-0.39, 0.29) is 17.1 Å². The van der Waals surface area contributed by atoms with Crippen LogP contribution >= 0.6 is 11.6 Å². The zero-order valence-corrected chi connectivity index (χ0v) is 15.9. The Hall–Kier alpha value is -1.92. The van der Waals surface area contributed by atoms with E-state index in [1.165, 1.54) is 5.56 Å². The fourth-order valence-electron chi connectivity index (χ4n) is 3.19. The molecule has 1 fully saturated rings. The van der Waals surface area contributed by atoms with Crippen molar-refractivity contribution in [2.24, 2.45) is 0 Å². The fraction of sp³-hybridized carbons (Fsp3) is 0.474. The molecule has 1 aliphatic rings. The molecule has 26 heavy (non-hydrogen) atoms. The molecule has 1 saturated heterocycles. The Morgan fingerprint density at radius 1 is 1.35 bits per heavy atom. The highest BCUT2D eigenvalue weighted by Gasteiger charge is 2.21. The number of rotatable bonds is 6. The number of aromatic nitrogens is 2. The van der Waals surface area contributed by atoms with Crippen LogP contribution in [0.25, 0.3) is 0 Å². The predicted octanol–water partition coefficient (Wildman–Crippen LogP) is 4.05. The first kappa shape index (κ1) is 18.9. The Morgan fingerprint density at radius 2 is 2.12 bits per heavy atom. The number of anilines is 1. The lowest BCUT2D eigenvalue weighted by molar-refractivity contribution is 0.210. The van der Waals surface area contributed by atoms with Crippen LogP contribution in [0.15, 0.2) is 24.4 Å². The van der Waals surface area contributed by atoms with Gasteiger partial charge >= 0.3 is 0 Å². The van der Waals surface area contributed by atoms with E-state index >= 15 is 0 Å². The van der Waals surface area contributed by atoms with Gasteiger partial charge in [0, 0.05) is 25.7 Å². The van der Waals surface area contributed by atoms with Gasteiger partial charge in [-0.1, -0.05) is 12.1 Å². The topological polar surface area (TPSA) is 50.3 Å². The van der Waals surface area contributed by atoms with Crippen LogP contribution in [0.5, 0.6) is 5.75 Å². The number of halogens is 2. The molecule has 0 atom stereocenters. The van der Waals surface area contributed by atoms with Gasteiger partial charge in [-0.3, -0.25) is 4.90 Å². The molecule has 2 heterocycles. The average molecular weight is 379 g/mol. The van der Waals surface area contributed by atoms with Gasteiger partial charge in [0.15, 0.2) is 11.6 Å². The maximum atomic E-state index is 13.8. The second-order valence-electron chi connectivity index (χ2n) is 6.56. The van der Waals surface area contributed by atoms with E-state index in [0.29, 0.717) is 6.61 Å². The summed E-state index contributed by atoms with van der Waals surface area (Å²) in [4.78, 5) is 9.97. The maximum absolute atomic E-state index is 13.8. The third-order valence-corrected chi connectivity index (χ3v) is 4.78. The van der Waals surface area contributed by atoms with Crippen LogP contribution in [0, 0.1) is 12.7 Å². The third kappa shape index (κ3) is 4.83. The maximum Gasteiger partial charge on any atom is 0.224 e. The van der Waals surface area contributed by atoms with E-state index in [0.717, 1.165) is 50.0 Å². The molecule has 1 aliphatic heterocycles. The lowest BCUT2D eigenvalue weighted by Crippen LogP contribution is -2.39. The van der Waals surface area contributed by atoms with Crippen LogP contribution in [0.3, 0.4) is 0 Å². The van der Waals surface area contributed by atoms with E-state index in [4.69, 9.17) is 16.3 Å². The molecular weight excluding hydrogens is 355 g/mol. The normalized spacial score (nSPS) is 15.8. The van der Waals surface area contributed by atoms with E-state index in [1.807, 2.05) is 6.92 Å². The van der Waals surface area contributed by atoms with Crippen LogP contribution in [-0.4, -0.2) is 40.6 Å². The minimum Gasteiger partial charge on any atom is -0.494 e. The van der Waals surface area contributed by atoms with Crippen molar-refractivity contribution in [3.8, 4) is 5.75 Å². The van der Waals surface area contributed by atoms with Gasteiger partial charge in [0.2, 0.25) is 5.28 Å². The van der Waals surface area contributed by atoms with E-state index < -0.39 is 5.82 Å². The van der Waals surface area contributed by atoms with Gasteiger partial charge < -0.3 is 10.1 Å². The van der Waals surface area contributed by atoms with Gasteiger partial charge in [-0.15, -0.1) is 0 Å². The molecular formula is C19H24ClFN4O. The first-order valence-corrected chi connectivity index (χ1v) is 9.32. The summed E-state index contributed by atoms with van der Waals surface area (Å²) in [5, 5.41) is 3.20. The van der Waals surface area contributed by atoms with E-state index in [2.05, 4.69) is 45.3 Å². The molecule has 5 nitrogen and oxygen atoms in total. The fourth-order valence-corrected chi connectivity index (χ4v) is 3.32. The van der Waals surface area contributed by atoms with Crippen LogP contribution in [0.1, 0.15) is 30.9 Å². The molecule has 2 aromatic rings. The third-order valence-electron chi connectivity index (χ3n) is 4.60. The molecule has 1 N–H and O–H groups in total. The summed E-state index contributed by atoms with van der Waals surface area (Å²) in [6.45, 7) is 7.50. The number of ether oxygens (including phenoxy) is 1. The van der Waals surface area contributed by atoms with Crippen molar-refractivity contribution in [2.75, 3.05) is 25.0 Å². The summed E-state index contributed by atoms with van der Waals surface area (Å²) in [6.07, 6.45) is 2.94. The first-order valence-electron chi connectivity index (χ1n) is 8.94. The highest BCUT2D eigenvalue weighted by Crippen LogP contribution is 2.23. The van der Waals surface area contributed by atoms with Crippen molar-refractivity contribution in [3.05, 3.63) is 46.6 Å². The number of hydrogen-bond acceptors (Lipinski definition) is 5. The lowest BCUT2D eigenvalue weighted by Gasteiger charge is -2.32. The standard InChI is InChI=1S/C19H24ClFN4O/c1-3-26-17-10-14(5-4-13(17)2)12-25-8-6-15(7-9-25)23-18-16(21)11-22-19(20)24-18/h4-5,10-11,15H,3,6-9,12H2,1-2H3,(H,22,23,24). The van der Waals surface area contributed by atoms with Crippen molar-refractivity contribution >= 4 is 17.4 Å². The molecule has 0 aliphatic carbocycles. The van der Waals surface area contributed by atoms with Crippen molar-refractivity contribution < 1.29 is 9.13 Å². The molecule has 0 amide bonds. The van der Waals surface area contributed by atoms with Gasteiger partial charge in [0.1, 0.15) is 5.75 Å². The average Bonchev–Trinajstić information content (AvgIpc) is 2.63. The highest BCUT2D eigenvalue weighted by molar-refractivity contribution is 6.28. The van der Waals surface area contributed by atoms with Gasteiger partial charge in [-0.05, 0) is 55.5 Å². The molecule has 3 rings (SSSR count). The van der Waals surface area contributed by atoms with Crippen LogP contribution in [-0.2, 0) is 6.54 Å². The first-order chi connectivity index (χ1) is 12.5. The Balaban J connectivity index is 1.54. The smallest absolute Gasteiger partial charge is 0.224 e. The quantitative estimate of drug-likeness (QED) is 0.768. The van der Waals surface area contributed by atoms with Crippen molar-refractivity contribution in [1.82, 2.24) is 14.9 Å². The Kier molecular flexibility index (Phi) is 6.27. The molecule has 0 bridgehead atoms. The molecule has 0 radical (unpaired) electrons. The number of benzene rings is 1. The van der Waals surface area contributed by atoms with Crippen LogP contribution in [0.2, 0.25) is 5.28 Å². The summed E-state index contributed by atoms with van der Waals surface area (Å²) in [5.74, 6) is 0.668. The Labute approximate surface area is 158 Å². The minimum atomic E-state index is -0.472. The number of aryl methyl sites for hydroxylation is 1. The summed E-state index contributed by atoms with van der Waals surface area (Å²) in [6, 6.07) is 6.57. The van der Waals surface area contributed by atoms with Gasteiger partial charge in [-0.25, -0.2) is 9.37 Å². The second-order valence-corrected chi connectivity index (χ2v) is 6.90. The number of piperidine rings is 1. The molecule has 0 spiro atoms. The van der Waals surface area contributed by atoms with Crippen molar-refractivity contribution in [1.29, 1.82) is 0 Å². The zero-order valence-electron chi connectivity index (χ0n) is 15.1. The summed E-state index contributed by atoms with van der Waals surface area (Å²) < 4.78 is 19.4. The molecule has 0 unspecified atom stereocenters. The Morgan fingerprint density at radius 3 is 2.85 bits per heavy atom. The van der Waals surface area contributed by atoms with Crippen molar-refractivity contribution in [2.45, 2.75) is 39.3 Å². The van der Waals surface area contributed by atoms with Crippen LogP contribution < -0.4 is 10.1 Å². The SMILES string of the molecule is CCOc1cc(CN2CCC(Nc3nc(Cl)ncc3F)CC2)ccc1C. The second kappa shape index (κ2) is 8.64. The predicted molar refractivity (Wildman–Crippen MR) is 101 cm³/mol. The van der Waals surface area contributed by atoms with Gasteiger partial charge in [0.05, 0.1) is 12.8 Å². The highest BCUT2D eigenvalue weighted by atomic mass is 35.5. The lowest BCUT2D eigenvalue weighted by atomic mass is 10.0. The van der Waals surface area contributed by atoms with Crippen molar-refractivity contribution in [3.63, 3.8) is 0 Å². The number of hydrogen-bond donors (Lipinski definition) is 1. The number of likely N-dealkylation sites (tertiary alicyclic amines) is 1. The molecule has 7 heteroatoms. The Bertz CT molecular complexity index is 750. The minimum absolute atomic E-state index is 0.0517. The molecule has 1 aromatic carbocycles. The summed E-state index contributed by atoms with van der Waals surface area (Å²) in [5.41, 5.74) is 2.41. The number of nitrogens with one attached hydrogen (secondary N) is 1. The van der Waals surface area contributed by atoms with E-state index in [1.54, 1.807) is 0 Å². The van der Waals surface area contributed by atoms with E-state index in [9.17, 15) is 4.39 Å². The van der Waals surface area contributed by atoms with Gasteiger partial charge in [-0.2, -0.15) is 4.98 Å². The summed E-state index contributed by atoms with van der Waals surface area (Å²) in [7, 11) is 0. The molecule has 1 aromatic heterocycles. The van der Waals surface area contributed by atoms with Crippen LogP contribution in [0.4, 0.5) is 10.2 Å². The molecule has 0 saturated carbocycles. The monoisotopic (exact) mass is 378 g/mol. The summed E-state index contributed by atoms with van der Waals surface area (Å²) >= 11 is 5.75.